The van der Waals surface area contributed by atoms with Crippen molar-refractivity contribution in [2.24, 2.45) is 17.6 Å². The van der Waals surface area contributed by atoms with E-state index in [0.29, 0.717) is 11.8 Å². The monoisotopic (exact) mass is 171 g/mol. The Morgan fingerprint density at radius 1 is 1.50 bits per heavy atom. The minimum absolute atomic E-state index is 0.0718. The summed E-state index contributed by atoms with van der Waals surface area (Å²) in [5.74, 6) is 1.09. The quantitative estimate of drug-likeness (QED) is 0.690. The maximum atomic E-state index is 10.5. The lowest BCUT2D eigenvalue weighted by Crippen LogP contribution is -2.28. The summed E-state index contributed by atoms with van der Waals surface area (Å²) >= 11 is 0. The highest BCUT2D eigenvalue weighted by atomic mass is 16.6. The van der Waals surface area contributed by atoms with Crippen molar-refractivity contribution in [3.8, 4) is 0 Å². The normalized spacial score (nSPS) is 29.2. The second-order valence-electron chi connectivity index (χ2n) is 3.81. The molecule has 1 saturated carbocycles. The molecule has 0 aromatic carbocycles. The van der Waals surface area contributed by atoms with E-state index < -0.39 is 6.09 Å². The lowest BCUT2D eigenvalue weighted by molar-refractivity contribution is 0.0693. The molecule has 0 spiro atoms. The molecular formula is C9H17NO2. The Morgan fingerprint density at radius 2 is 2.17 bits per heavy atom. The van der Waals surface area contributed by atoms with Gasteiger partial charge in [0.15, 0.2) is 0 Å². The average molecular weight is 171 g/mol. The molecule has 0 heterocycles. The number of amides is 1. The van der Waals surface area contributed by atoms with Crippen molar-refractivity contribution < 1.29 is 9.53 Å². The van der Waals surface area contributed by atoms with Crippen molar-refractivity contribution in [3.63, 3.8) is 0 Å². The van der Waals surface area contributed by atoms with E-state index >= 15 is 0 Å². The standard InChI is InChI=1S/C9H17NO2/c1-6(2)7-4-3-5-8(7)12-9(10)11/h6-8H,3-5H2,1-2H3,(H2,10,11)/t7-,8+/m0/s1. The van der Waals surface area contributed by atoms with Crippen LogP contribution in [0.2, 0.25) is 0 Å². The lowest BCUT2D eigenvalue weighted by atomic mass is 9.92. The Balaban J connectivity index is 2.46. The summed E-state index contributed by atoms with van der Waals surface area (Å²) in [6.45, 7) is 4.32. The molecule has 2 atom stereocenters. The Kier molecular flexibility index (Phi) is 2.95. The van der Waals surface area contributed by atoms with Gasteiger partial charge in [-0.2, -0.15) is 0 Å². The Hall–Kier alpha value is -0.730. The zero-order chi connectivity index (χ0) is 9.14. The maximum Gasteiger partial charge on any atom is 0.404 e. The van der Waals surface area contributed by atoms with Crippen LogP contribution < -0.4 is 5.73 Å². The smallest absolute Gasteiger partial charge is 0.404 e. The number of ether oxygens (including phenoxy) is 1. The largest absolute Gasteiger partial charge is 0.446 e. The summed E-state index contributed by atoms with van der Waals surface area (Å²) in [6.07, 6.45) is 2.73. The minimum Gasteiger partial charge on any atom is -0.446 e. The second-order valence-corrected chi connectivity index (χ2v) is 3.81. The highest BCUT2D eigenvalue weighted by molar-refractivity contribution is 5.64. The third-order valence-corrected chi connectivity index (χ3v) is 2.63. The van der Waals surface area contributed by atoms with Crippen molar-refractivity contribution in [2.75, 3.05) is 0 Å². The van der Waals surface area contributed by atoms with Gasteiger partial charge in [0.25, 0.3) is 0 Å². The van der Waals surface area contributed by atoms with Gasteiger partial charge < -0.3 is 10.5 Å². The van der Waals surface area contributed by atoms with Gasteiger partial charge in [-0.1, -0.05) is 13.8 Å². The molecule has 0 unspecified atom stereocenters. The topological polar surface area (TPSA) is 52.3 Å². The van der Waals surface area contributed by atoms with Crippen molar-refractivity contribution in [1.29, 1.82) is 0 Å². The van der Waals surface area contributed by atoms with E-state index in [0.717, 1.165) is 19.3 Å². The van der Waals surface area contributed by atoms with Crippen molar-refractivity contribution in [2.45, 2.75) is 39.2 Å². The van der Waals surface area contributed by atoms with Gasteiger partial charge in [-0.25, -0.2) is 4.79 Å². The highest BCUT2D eigenvalue weighted by Gasteiger charge is 2.31. The summed E-state index contributed by atoms with van der Waals surface area (Å²) in [4.78, 5) is 10.5. The number of carbonyl (C=O) groups excluding carboxylic acids is 1. The molecule has 0 radical (unpaired) electrons. The van der Waals surface area contributed by atoms with Gasteiger partial charge in [0.1, 0.15) is 6.10 Å². The summed E-state index contributed by atoms with van der Waals surface area (Å²) in [5.41, 5.74) is 4.97. The van der Waals surface area contributed by atoms with Crippen LogP contribution >= 0.6 is 0 Å². The van der Waals surface area contributed by atoms with E-state index in [1.807, 2.05) is 0 Å². The van der Waals surface area contributed by atoms with Crippen LogP contribution in [0.4, 0.5) is 4.79 Å². The highest BCUT2D eigenvalue weighted by Crippen LogP contribution is 2.33. The number of hydrogen-bond acceptors (Lipinski definition) is 2. The lowest BCUT2D eigenvalue weighted by Gasteiger charge is -2.21. The molecule has 1 aliphatic rings. The van der Waals surface area contributed by atoms with Crippen LogP contribution in [0.1, 0.15) is 33.1 Å². The number of rotatable bonds is 2. The summed E-state index contributed by atoms with van der Waals surface area (Å²) in [5, 5.41) is 0. The molecule has 0 bridgehead atoms. The Labute approximate surface area is 73.3 Å². The third kappa shape index (κ3) is 2.13. The molecule has 0 saturated heterocycles. The van der Waals surface area contributed by atoms with Crippen LogP contribution in [0.15, 0.2) is 0 Å². The maximum absolute atomic E-state index is 10.5. The Bertz CT molecular complexity index is 168. The van der Waals surface area contributed by atoms with Crippen LogP contribution in [0.5, 0.6) is 0 Å². The molecule has 3 heteroatoms. The van der Waals surface area contributed by atoms with Gasteiger partial charge in [-0.15, -0.1) is 0 Å². The number of carbonyl (C=O) groups is 1. The van der Waals surface area contributed by atoms with Crippen LogP contribution in [-0.2, 0) is 4.74 Å². The molecule has 1 fully saturated rings. The zero-order valence-electron chi connectivity index (χ0n) is 7.75. The van der Waals surface area contributed by atoms with E-state index in [4.69, 9.17) is 10.5 Å². The molecule has 3 nitrogen and oxygen atoms in total. The van der Waals surface area contributed by atoms with Gasteiger partial charge in [0, 0.05) is 0 Å². The summed E-state index contributed by atoms with van der Waals surface area (Å²) in [6, 6.07) is 0. The average Bonchev–Trinajstić information content (AvgIpc) is 2.33. The summed E-state index contributed by atoms with van der Waals surface area (Å²) < 4.78 is 5.02. The van der Waals surface area contributed by atoms with Crippen molar-refractivity contribution >= 4 is 6.09 Å². The SMILES string of the molecule is CC(C)[C@@H]1CCC[C@H]1OC(N)=O. The van der Waals surface area contributed by atoms with Crippen LogP contribution in [0.25, 0.3) is 0 Å². The molecule has 1 amide bonds. The predicted molar refractivity (Wildman–Crippen MR) is 46.6 cm³/mol. The van der Waals surface area contributed by atoms with E-state index in [1.54, 1.807) is 0 Å². The molecule has 1 rings (SSSR count). The molecule has 0 aliphatic heterocycles. The molecular weight excluding hydrogens is 154 g/mol. The van der Waals surface area contributed by atoms with Crippen LogP contribution in [-0.4, -0.2) is 12.2 Å². The fraction of sp³-hybridized carbons (Fsp3) is 0.889. The fourth-order valence-electron chi connectivity index (χ4n) is 2.01. The van der Waals surface area contributed by atoms with Gasteiger partial charge in [-0.3, -0.25) is 0 Å². The molecule has 0 aromatic heterocycles. The zero-order valence-corrected chi connectivity index (χ0v) is 7.75. The fourth-order valence-corrected chi connectivity index (χ4v) is 2.01. The van der Waals surface area contributed by atoms with E-state index in [1.165, 1.54) is 0 Å². The number of nitrogens with two attached hydrogens (primary N) is 1. The van der Waals surface area contributed by atoms with Gasteiger partial charge >= 0.3 is 6.09 Å². The predicted octanol–water partition coefficient (Wildman–Crippen LogP) is 1.91. The molecule has 2 N–H and O–H groups in total. The van der Waals surface area contributed by atoms with Crippen molar-refractivity contribution in [1.82, 2.24) is 0 Å². The molecule has 70 valence electrons. The van der Waals surface area contributed by atoms with E-state index in [2.05, 4.69) is 13.8 Å². The van der Waals surface area contributed by atoms with Gasteiger partial charge in [0.05, 0.1) is 0 Å². The van der Waals surface area contributed by atoms with E-state index in [-0.39, 0.29) is 6.10 Å². The molecule has 1 aliphatic carbocycles. The van der Waals surface area contributed by atoms with Crippen molar-refractivity contribution in [3.05, 3.63) is 0 Å². The number of primary amides is 1. The molecule has 0 aromatic rings. The Morgan fingerprint density at radius 3 is 2.67 bits per heavy atom. The summed E-state index contributed by atoms with van der Waals surface area (Å²) in [7, 11) is 0. The first kappa shape index (κ1) is 9.36. The van der Waals surface area contributed by atoms with Gasteiger partial charge in [0.2, 0.25) is 0 Å². The number of hydrogen-bond donors (Lipinski definition) is 1. The molecule has 12 heavy (non-hydrogen) atoms. The van der Waals surface area contributed by atoms with Crippen LogP contribution in [0.3, 0.4) is 0 Å². The third-order valence-electron chi connectivity index (χ3n) is 2.63. The van der Waals surface area contributed by atoms with Crippen LogP contribution in [0, 0.1) is 11.8 Å². The minimum atomic E-state index is -0.632. The van der Waals surface area contributed by atoms with E-state index in [9.17, 15) is 4.79 Å². The first-order valence-corrected chi connectivity index (χ1v) is 4.57. The first-order chi connectivity index (χ1) is 5.61. The second kappa shape index (κ2) is 3.78. The van der Waals surface area contributed by atoms with Gasteiger partial charge in [-0.05, 0) is 31.1 Å². The first-order valence-electron chi connectivity index (χ1n) is 4.57.